The number of carbonyl (C=O) groups excluding carboxylic acids is 3. The number of amides is 2. The van der Waals surface area contributed by atoms with Crippen molar-refractivity contribution in [3.63, 3.8) is 0 Å². The van der Waals surface area contributed by atoms with Crippen molar-refractivity contribution >= 4 is 40.0 Å². The van der Waals surface area contributed by atoms with Crippen molar-refractivity contribution < 1.29 is 28.3 Å². The minimum absolute atomic E-state index is 0.232. The molecular weight excluding hydrogens is 532 g/mol. The van der Waals surface area contributed by atoms with E-state index in [4.69, 9.17) is 14.5 Å². The third-order valence-corrected chi connectivity index (χ3v) is 8.07. The van der Waals surface area contributed by atoms with E-state index < -0.39 is 29.1 Å². The maximum atomic E-state index is 13.8. The summed E-state index contributed by atoms with van der Waals surface area (Å²) in [6.07, 6.45) is 9.60. The van der Waals surface area contributed by atoms with Gasteiger partial charge in [0.2, 0.25) is 6.04 Å². The number of aliphatic imine (C=N–C) groups is 1. The number of carbonyl (C=O) groups is 3. The number of nitrogens with one attached hydrogen (secondary N) is 2. The molecule has 218 valence electrons. The molecule has 2 aromatic rings. The van der Waals surface area contributed by atoms with E-state index in [1.165, 1.54) is 0 Å². The fraction of sp³-hybridized carbons (Fsp3) is 0.394. The fourth-order valence-electron chi connectivity index (χ4n) is 6.37. The smallest absolute Gasteiger partial charge is 0.369 e. The molecule has 1 aromatic carbocycles. The van der Waals surface area contributed by atoms with E-state index in [0.29, 0.717) is 29.9 Å². The van der Waals surface area contributed by atoms with Gasteiger partial charge in [-0.05, 0) is 53.7 Å². The first-order valence-electron chi connectivity index (χ1n) is 14.3. The second kappa shape index (κ2) is 9.74. The molecule has 0 fully saturated rings. The highest BCUT2D eigenvalue weighted by atomic mass is 16.6. The van der Waals surface area contributed by atoms with Crippen LogP contribution in [0.2, 0.25) is 0 Å². The number of aromatic nitrogens is 1. The largest absolute Gasteiger partial charge is 0.455 e. The van der Waals surface area contributed by atoms with Crippen LogP contribution < -0.4 is 5.32 Å². The minimum atomic E-state index is -0.665. The SMILES string of the molecule is CC(C)(C)OC[N@+]12CCN=C(C3=C(c4c[nH]c5ccccc45)C(=O)NC3=O)C3=CC=CC(=CC1C(=O)OC(C)(C)C)C32. The number of esters is 1. The van der Waals surface area contributed by atoms with Gasteiger partial charge < -0.3 is 14.5 Å². The van der Waals surface area contributed by atoms with Crippen LogP contribution in [0, 0.1) is 0 Å². The molecule has 0 saturated heterocycles. The second-order valence-electron chi connectivity index (χ2n) is 13.3. The lowest BCUT2D eigenvalue weighted by atomic mass is 9.85. The third kappa shape index (κ3) is 4.66. The van der Waals surface area contributed by atoms with Crippen molar-refractivity contribution in [1.82, 2.24) is 10.3 Å². The van der Waals surface area contributed by atoms with Crippen LogP contribution >= 0.6 is 0 Å². The third-order valence-electron chi connectivity index (χ3n) is 8.07. The average molecular weight is 570 g/mol. The summed E-state index contributed by atoms with van der Waals surface area (Å²) in [5.74, 6) is -1.26. The molecule has 6 rings (SSSR count). The van der Waals surface area contributed by atoms with E-state index in [2.05, 4.69) is 10.3 Å². The Bertz CT molecular complexity index is 1670. The Hall–Kier alpha value is -4.08. The topological polar surface area (TPSA) is 110 Å². The molecule has 42 heavy (non-hydrogen) atoms. The second-order valence-corrected chi connectivity index (χ2v) is 13.3. The summed E-state index contributed by atoms with van der Waals surface area (Å²) < 4.78 is 12.6. The number of H-pyrrole nitrogens is 1. The van der Waals surface area contributed by atoms with Crippen molar-refractivity contribution in [3.8, 4) is 0 Å². The minimum Gasteiger partial charge on any atom is -0.455 e. The van der Waals surface area contributed by atoms with Crippen molar-refractivity contribution in [2.24, 2.45) is 4.99 Å². The Kier molecular flexibility index (Phi) is 6.51. The monoisotopic (exact) mass is 569 g/mol. The fourth-order valence-corrected chi connectivity index (χ4v) is 6.37. The number of ether oxygens (including phenoxy) is 2. The number of para-hydroxylation sites is 1. The number of hydrogen-bond acceptors (Lipinski definition) is 6. The quantitative estimate of drug-likeness (QED) is 0.320. The molecule has 0 bridgehead atoms. The van der Waals surface area contributed by atoms with Gasteiger partial charge in [-0.3, -0.25) is 24.4 Å². The lowest BCUT2D eigenvalue weighted by molar-refractivity contribution is -0.961. The van der Waals surface area contributed by atoms with Crippen molar-refractivity contribution in [2.45, 2.75) is 64.8 Å². The van der Waals surface area contributed by atoms with E-state index in [1.807, 2.05) is 90.1 Å². The molecule has 0 radical (unpaired) electrons. The highest BCUT2D eigenvalue weighted by molar-refractivity contribution is 6.48. The van der Waals surface area contributed by atoms with Crippen molar-refractivity contribution in [1.29, 1.82) is 0 Å². The summed E-state index contributed by atoms with van der Waals surface area (Å²) in [6, 6.07) is 6.70. The van der Waals surface area contributed by atoms with E-state index >= 15 is 0 Å². The number of hydrogen-bond donors (Lipinski definition) is 2. The first kappa shape index (κ1) is 28.1. The van der Waals surface area contributed by atoms with Gasteiger partial charge in [-0.25, -0.2) is 4.79 Å². The van der Waals surface area contributed by atoms with Crippen LogP contribution in [0.25, 0.3) is 16.5 Å². The zero-order valence-corrected chi connectivity index (χ0v) is 24.9. The van der Waals surface area contributed by atoms with Gasteiger partial charge in [0.1, 0.15) is 18.2 Å². The summed E-state index contributed by atoms with van der Waals surface area (Å²) >= 11 is 0. The number of imide groups is 1. The molecule has 4 aliphatic rings. The summed E-state index contributed by atoms with van der Waals surface area (Å²) in [6.45, 7) is 12.6. The van der Waals surface area contributed by atoms with Crippen LogP contribution in [0.1, 0.15) is 47.1 Å². The Morgan fingerprint density at radius 3 is 2.52 bits per heavy atom. The summed E-state index contributed by atoms with van der Waals surface area (Å²) in [4.78, 5) is 48.8. The molecular formula is C33H37N4O5+. The standard InChI is InChI=1S/C33H36N4O5/c1-32(2,3)41-18-37-15-14-34-27(21-12-9-10-19(28(21)37)16-24(37)31(40)42-33(4,5)6)26-25(29(38)36-30(26)39)22-17-35-23-13-8-7-11-20(22)23/h7-13,16-17,24,28H,14-15,18H2,1-6H3,(H-,34,35,36,38,39)/p+1/t24?,28?,37-/m1/s1. The van der Waals surface area contributed by atoms with Gasteiger partial charge in [0.15, 0.2) is 6.73 Å². The summed E-state index contributed by atoms with van der Waals surface area (Å²) in [7, 11) is 0. The number of allylic oxidation sites excluding steroid dienone is 2. The number of nitrogens with zero attached hydrogens (tertiary/aromatic N) is 2. The lowest BCUT2D eigenvalue weighted by Gasteiger charge is -2.45. The van der Waals surface area contributed by atoms with E-state index in [-0.39, 0.29) is 28.8 Å². The normalized spacial score (nSPS) is 25.6. The lowest BCUT2D eigenvalue weighted by Crippen LogP contribution is -2.64. The maximum Gasteiger partial charge on any atom is 0.369 e. The molecule has 0 spiro atoms. The summed E-state index contributed by atoms with van der Waals surface area (Å²) in [5.41, 5.74) is 3.13. The molecule has 9 nitrogen and oxygen atoms in total. The average Bonchev–Trinajstić information content (AvgIpc) is 3.52. The van der Waals surface area contributed by atoms with E-state index in [1.54, 1.807) is 6.20 Å². The first-order chi connectivity index (χ1) is 19.8. The number of benzene rings is 1. The van der Waals surface area contributed by atoms with Gasteiger partial charge in [-0.15, -0.1) is 0 Å². The number of rotatable bonds is 5. The predicted octanol–water partition coefficient (Wildman–Crippen LogP) is 4.14. The Balaban J connectivity index is 1.50. The van der Waals surface area contributed by atoms with Gasteiger partial charge in [0.25, 0.3) is 11.8 Å². The van der Waals surface area contributed by atoms with Crippen molar-refractivity contribution in [2.75, 3.05) is 19.8 Å². The Morgan fingerprint density at radius 1 is 1.05 bits per heavy atom. The molecule has 3 atom stereocenters. The van der Waals surface area contributed by atoms with Crippen LogP contribution in [0.5, 0.6) is 0 Å². The number of quaternary nitrogens is 1. The molecule has 2 N–H and O–H groups in total. The highest BCUT2D eigenvalue weighted by Gasteiger charge is 2.58. The van der Waals surface area contributed by atoms with Gasteiger partial charge in [0, 0.05) is 33.8 Å². The van der Waals surface area contributed by atoms with E-state index in [0.717, 1.165) is 22.0 Å². The van der Waals surface area contributed by atoms with E-state index in [9.17, 15) is 14.4 Å². The zero-order valence-electron chi connectivity index (χ0n) is 24.9. The van der Waals surface area contributed by atoms with Crippen LogP contribution in [0.3, 0.4) is 0 Å². The Morgan fingerprint density at radius 2 is 1.79 bits per heavy atom. The summed E-state index contributed by atoms with van der Waals surface area (Å²) in [5, 5.41) is 3.36. The zero-order chi connectivity index (χ0) is 30.0. The van der Waals surface area contributed by atoms with Crippen LogP contribution in [-0.2, 0) is 23.9 Å². The first-order valence-corrected chi connectivity index (χ1v) is 14.3. The number of aromatic amines is 1. The number of fused-ring (bicyclic) bond motifs is 1. The van der Waals surface area contributed by atoms with Crippen LogP contribution in [0.4, 0.5) is 0 Å². The van der Waals surface area contributed by atoms with Crippen molar-refractivity contribution in [3.05, 3.63) is 77.0 Å². The van der Waals surface area contributed by atoms with Crippen LogP contribution in [-0.4, -0.2) is 76.1 Å². The molecule has 3 aliphatic heterocycles. The molecule has 1 aromatic heterocycles. The van der Waals surface area contributed by atoms with Crippen LogP contribution in [0.15, 0.2) is 76.5 Å². The molecule has 9 heteroatoms. The van der Waals surface area contributed by atoms with Gasteiger partial charge in [0.05, 0.1) is 29.0 Å². The Labute approximate surface area is 245 Å². The molecule has 2 unspecified atom stereocenters. The van der Waals surface area contributed by atoms with Gasteiger partial charge in [-0.2, -0.15) is 0 Å². The highest BCUT2D eigenvalue weighted by Crippen LogP contribution is 2.44. The maximum absolute atomic E-state index is 13.8. The van der Waals surface area contributed by atoms with Gasteiger partial charge >= 0.3 is 5.97 Å². The predicted molar refractivity (Wildman–Crippen MR) is 160 cm³/mol. The molecule has 4 heterocycles. The molecule has 0 saturated carbocycles. The molecule has 2 amide bonds. The molecule has 1 aliphatic carbocycles. The van der Waals surface area contributed by atoms with Gasteiger partial charge in [-0.1, -0.05) is 36.4 Å².